The van der Waals surface area contributed by atoms with Crippen molar-refractivity contribution in [3.05, 3.63) is 58.3 Å². The Labute approximate surface area is 281 Å². The number of aryl methyl sites for hydroxylation is 2. The van der Waals surface area contributed by atoms with Gasteiger partial charge in [-0.15, -0.1) is 0 Å². The number of piperidine rings is 2. The number of rotatable bonds is 7. The third-order valence-electron chi connectivity index (χ3n) is 11.9. The zero-order valence-corrected chi connectivity index (χ0v) is 28.4. The van der Waals surface area contributed by atoms with Crippen molar-refractivity contribution in [1.29, 1.82) is 0 Å². The van der Waals surface area contributed by atoms with Crippen molar-refractivity contribution >= 4 is 17.8 Å². The van der Waals surface area contributed by atoms with Crippen molar-refractivity contribution in [2.45, 2.75) is 89.1 Å². The number of carbonyl (C=O) groups excluding carboxylic acids is 3. The molecule has 4 amide bonds. The van der Waals surface area contributed by atoms with Crippen LogP contribution in [0, 0.1) is 5.92 Å². The van der Waals surface area contributed by atoms with E-state index in [1.807, 2.05) is 15.9 Å². The first-order valence-electron chi connectivity index (χ1n) is 18.5. The quantitative estimate of drug-likeness (QED) is 0.487. The number of carbonyl (C=O) groups is 3. The van der Waals surface area contributed by atoms with E-state index in [1.54, 1.807) is 0 Å². The van der Waals surface area contributed by atoms with E-state index < -0.39 is 0 Å². The summed E-state index contributed by atoms with van der Waals surface area (Å²) < 4.78 is 0. The number of likely N-dealkylation sites (tertiary alicyclic amines) is 2. The van der Waals surface area contributed by atoms with Gasteiger partial charge in [-0.1, -0.05) is 24.3 Å². The largest absolute Gasteiger partial charge is 0.343 e. The number of benzene rings is 1. The predicted molar refractivity (Wildman–Crippen MR) is 184 cm³/mol. The summed E-state index contributed by atoms with van der Waals surface area (Å²) in [6, 6.07) is 7.44. The number of urea groups is 1. The minimum absolute atomic E-state index is 0.0211. The van der Waals surface area contributed by atoms with Crippen LogP contribution in [-0.4, -0.2) is 120 Å². The minimum Gasteiger partial charge on any atom is -0.343 e. The number of fused-ring (bicyclic) bond motifs is 1. The molecule has 9 heteroatoms. The lowest BCUT2D eigenvalue weighted by molar-refractivity contribution is -0.143. The molecule has 0 radical (unpaired) electrons. The zero-order valence-electron chi connectivity index (χ0n) is 28.4. The first-order valence-corrected chi connectivity index (χ1v) is 18.5. The highest BCUT2D eigenvalue weighted by molar-refractivity contribution is 5.86. The van der Waals surface area contributed by atoms with Crippen LogP contribution in [-0.2, 0) is 28.9 Å². The predicted octanol–water partition coefficient (Wildman–Crippen LogP) is 3.97. The summed E-state index contributed by atoms with van der Waals surface area (Å²) >= 11 is 0. The Kier molecular flexibility index (Phi) is 10.0. The van der Waals surface area contributed by atoms with Crippen molar-refractivity contribution in [3.8, 4) is 0 Å². The number of hydrogen-bond donors (Lipinski definition) is 1. The summed E-state index contributed by atoms with van der Waals surface area (Å²) in [5, 5.41) is 3.09. The highest BCUT2D eigenvalue weighted by Crippen LogP contribution is 2.29. The summed E-state index contributed by atoms with van der Waals surface area (Å²) in [6.45, 7) is 7.97. The van der Waals surface area contributed by atoms with Crippen molar-refractivity contribution in [2.75, 3.05) is 66.0 Å². The average Bonchev–Trinajstić information content (AvgIpc) is 3.11. The second kappa shape index (κ2) is 14.5. The molecule has 2 aliphatic carbocycles. The summed E-state index contributed by atoms with van der Waals surface area (Å²) in [4.78, 5) is 52.1. The van der Waals surface area contributed by atoms with Crippen molar-refractivity contribution in [2.24, 2.45) is 5.92 Å². The van der Waals surface area contributed by atoms with Gasteiger partial charge in [-0.2, -0.15) is 0 Å². The second-order valence-corrected chi connectivity index (χ2v) is 14.9. The van der Waals surface area contributed by atoms with E-state index in [9.17, 15) is 14.4 Å². The smallest absolute Gasteiger partial charge is 0.322 e. The van der Waals surface area contributed by atoms with Gasteiger partial charge >= 0.3 is 6.03 Å². The Bertz CT molecular complexity index is 1380. The lowest BCUT2D eigenvalue weighted by atomic mass is 9.87. The normalized spacial score (nSPS) is 24.2. The highest BCUT2D eigenvalue weighted by atomic mass is 16.2. The Morgan fingerprint density at radius 1 is 0.851 bits per heavy atom. The summed E-state index contributed by atoms with van der Waals surface area (Å²) in [6.07, 6.45) is 15.4. The van der Waals surface area contributed by atoms with Gasteiger partial charge in [-0.25, -0.2) is 4.79 Å². The van der Waals surface area contributed by atoms with Gasteiger partial charge < -0.3 is 24.9 Å². The van der Waals surface area contributed by atoms with Crippen molar-refractivity contribution in [1.82, 2.24) is 29.8 Å². The molecule has 1 aromatic carbocycles. The molecule has 9 nitrogen and oxygen atoms in total. The van der Waals surface area contributed by atoms with Gasteiger partial charge in [-0.05, 0) is 106 Å². The highest BCUT2D eigenvalue weighted by Gasteiger charge is 2.36. The van der Waals surface area contributed by atoms with Crippen LogP contribution >= 0.6 is 0 Å². The first-order chi connectivity index (χ1) is 22.9. The van der Waals surface area contributed by atoms with E-state index >= 15 is 0 Å². The molecule has 0 saturated carbocycles. The number of nitrogens with one attached hydrogen (secondary N) is 1. The molecular weight excluding hydrogens is 588 g/mol. The molecule has 3 fully saturated rings. The van der Waals surface area contributed by atoms with Gasteiger partial charge in [0.1, 0.15) is 0 Å². The fourth-order valence-corrected chi connectivity index (χ4v) is 8.87. The van der Waals surface area contributed by atoms with Crippen LogP contribution in [0.5, 0.6) is 0 Å². The van der Waals surface area contributed by atoms with Crippen molar-refractivity contribution in [3.63, 3.8) is 0 Å². The van der Waals surface area contributed by atoms with E-state index in [-0.39, 0.29) is 36.2 Å². The molecule has 3 saturated heterocycles. The Balaban J connectivity index is 0.985. The molecule has 4 heterocycles. The summed E-state index contributed by atoms with van der Waals surface area (Å²) in [5.74, 6) is -0.115. The minimum atomic E-state index is -0.348. The molecule has 4 aliphatic heterocycles. The number of allylic oxidation sites excluding steroid dienone is 2. The Morgan fingerprint density at radius 3 is 2.32 bits per heavy atom. The fraction of sp³-hybridized carbons (Fsp3) is 0.658. The molecule has 0 spiro atoms. The molecule has 1 unspecified atom stereocenters. The topological polar surface area (TPSA) is 79.4 Å². The molecule has 254 valence electrons. The standard InChI is InChI=1S/C38H54N6O3/c1-40-20-22-41(23-21-40)33-12-18-43(19-13-33)37(46)32(25-28-10-11-29-6-2-3-7-30(29)24-28)26-36(45)42-16-14-34(15-17-42)44-27-31-8-4-5-9-35(31)39-38(44)47/h5,9-11,24,32-34H,2-4,6-8,12-23,25-27H2,1H3,(H,39,47). The molecular formula is C38H54N6O3. The molecule has 1 atom stereocenters. The molecule has 6 aliphatic rings. The summed E-state index contributed by atoms with van der Waals surface area (Å²) in [5.41, 5.74) is 6.34. The van der Waals surface area contributed by atoms with Crippen LogP contribution in [0.2, 0.25) is 0 Å². The summed E-state index contributed by atoms with van der Waals surface area (Å²) in [7, 11) is 2.19. The Hall–Kier alpha value is -3.17. The number of piperazine rings is 1. The van der Waals surface area contributed by atoms with E-state index in [1.165, 1.54) is 35.1 Å². The van der Waals surface area contributed by atoms with Gasteiger partial charge in [-0.3, -0.25) is 14.5 Å². The average molecular weight is 643 g/mol. The molecule has 0 aromatic heterocycles. The second-order valence-electron chi connectivity index (χ2n) is 14.9. The van der Waals surface area contributed by atoms with E-state index in [0.29, 0.717) is 32.1 Å². The van der Waals surface area contributed by atoms with Crippen LogP contribution in [0.3, 0.4) is 0 Å². The van der Waals surface area contributed by atoms with E-state index in [0.717, 1.165) is 96.3 Å². The maximum Gasteiger partial charge on any atom is 0.322 e. The number of likely N-dealkylation sites (N-methyl/N-ethyl adjacent to an activating group) is 1. The zero-order chi connectivity index (χ0) is 32.3. The number of nitrogens with zero attached hydrogens (tertiary/aromatic N) is 5. The fourth-order valence-electron chi connectivity index (χ4n) is 8.87. The maximum absolute atomic E-state index is 14.2. The van der Waals surface area contributed by atoms with Gasteiger partial charge in [0, 0.05) is 83.1 Å². The number of hydrogen-bond acceptors (Lipinski definition) is 5. The Morgan fingerprint density at radius 2 is 1.55 bits per heavy atom. The van der Waals surface area contributed by atoms with Gasteiger partial charge in [0.2, 0.25) is 11.8 Å². The lowest BCUT2D eigenvalue weighted by Gasteiger charge is -2.43. The van der Waals surface area contributed by atoms with Gasteiger partial charge in [0.15, 0.2) is 0 Å². The molecule has 1 N–H and O–H groups in total. The molecule has 1 aromatic rings. The van der Waals surface area contributed by atoms with E-state index in [4.69, 9.17) is 0 Å². The third-order valence-corrected chi connectivity index (χ3v) is 11.9. The van der Waals surface area contributed by atoms with E-state index in [2.05, 4.69) is 51.3 Å². The maximum atomic E-state index is 14.2. The van der Waals surface area contributed by atoms with Crippen LogP contribution in [0.15, 0.2) is 41.6 Å². The number of amides is 4. The first kappa shape index (κ1) is 32.4. The van der Waals surface area contributed by atoms with Gasteiger partial charge in [0.25, 0.3) is 0 Å². The van der Waals surface area contributed by atoms with Crippen LogP contribution in [0.1, 0.15) is 74.5 Å². The van der Waals surface area contributed by atoms with Crippen LogP contribution in [0.4, 0.5) is 4.79 Å². The molecule has 7 rings (SSSR count). The van der Waals surface area contributed by atoms with Crippen LogP contribution in [0.25, 0.3) is 0 Å². The lowest BCUT2D eigenvalue weighted by Crippen LogP contribution is -2.55. The van der Waals surface area contributed by atoms with Gasteiger partial charge in [0.05, 0.1) is 5.92 Å². The molecule has 47 heavy (non-hydrogen) atoms. The third kappa shape index (κ3) is 7.46. The molecule has 0 bridgehead atoms. The SMILES string of the molecule is CN1CCN(C2CCN(C(=O)C(CC(=O)N3CCC(N4CC5=C(C=CCC5)NC4=O)CC3)Cc3ccc4c(c3)CCCC4)CC2)CC1. The van der Waals surface area contributed by atoms with Crippen molar-refractivity contribution < 1.29 is 14.4 Å². The van der Waals surface area contributed by atoms with Crippen LogP contribution < -0.4 is 5.32 Å². The monoisotopic (exact) mass is 642 g/mol.